The molecular weight excluding hydrogens is 421 g/mol. The molecule has 0 atom stereocenters. The Kier molecular flexibility index (Phi) is 7.82. The summed E-state index contributed by atoms with van der Waals surface area (Å²) in [6.45, 7) is 2.21. The van der Waals surface area contributed by atoms with Gasteiger partial charge in [0.1, 0.15) is 11.6 Å². The van der Waals surface area contributed by atoms with Gasteiger partial charge in [-0.2, -0.15) is 0 Å². The largest absolute Gasteiger partial charge is 0.497 e. The normalized spacial score (nSPS) is 26.0. The number of hydrogen-bond acceptors (Lipinski definition) is 1. The second-order valence-corrected chi connectivity index (χ2v) is 9.86. The number of allylic oxidation sites excluding steroid dienone is 1. The highest BCUT2D eigenvalue weighted by atomic mass is 19.2. The lowest BCUT2D eigenvalue weighted by Gasteiger charge is -2.30. The van der Waals surface area contributed by atoms with Gasteiger partial charge in [0.2, 0.25) is 0 Å². The Labute approximate surface area is 196 Å². The topological polar surface area (TPSA) is 9.23 Å². The van der Waals surface area contributed by atoms with E-state index >= 15 is 8.78 Å². The third-order valence-corrected chi connectivity index (χ3v) is 7.97. The van der Waals surface area contributed by atoms with Crippen LogP contribution in [0.2, 0.25) is 0 Å². The van der Waals surface area contributed by atoms with Crippen LogP contribution in [0.4, 0.5) is 13.2 Å². The number of hydrogen-bond donors (Lipinski definition) is 0. The Hall–Kier alpha value is -2.23. The van der Waals surface area contributed by atoms with Crippen LogP contribution in [0.25, 0.3) is 6.08 Å². The maximum absolute atomic E-state index is 15.1. The second kappa shape index (κ2) is 10.8. The molecule has 0 aliphatic heterocycles. The quantitative estimate of drug-likeness (QED) is 0.422. The summed E-state index contributed by atoms with van der Waals surface area (Å²) < 4.78 is 49.3. The lowest BCUT2D eigenvalue weighted by atomic mass is 9.75. The van der Waals surface area contributed by atoms with E-state index in [0.29, 0.717) is 28.4 Å². The first-order chi connectivity index (χ1) is 16.0. The standard InChI is InChI=1S/C29H35F3O/c1-3-19-4-9-21(10-5-19)25-16-17-26(29(32)28(25)31)22-11-6-20(7-12-22)8-13-23-14-15-24(33-2)18-27(23)30/h8,13-22H,3-7,9-12H2,1-2H3. The minimum atomic E-state index is -0.635. The fourth-order valence-corrected chi connectivity index (χ4v) is 5.72. The highest BCUT2D eigenvalue weighted by Gasteiger charge is 2.29. The molecule has 0 bridgehead atoms. The van der Waals surface area contributed by atoms with Crippen LogP contribution in [-0.2, 0) is 0 Å². The summed E-state index contributed by atoms with van der Waals surface area (Å²) in [5.41, 5.74) is 1.64. The molecule has 0 unspecified atom stereocenters. The maximum atomic E-state index is 15.1. The van der Waals surface area contributed by atoms with Crippen molar-refractivity contribution in [3.8, 4) is 5.75 Å². The number of halogens is 3. The smallest absolute Gasteiger partial charge is 0.162 e. The van der Waals surface area contributed by atoms with Gasteiger partial charge in [-0.05, 0) is 98.3 Å². The molecule has 2 aliphatic carbocycles. The van der Waals surface area contributed by atoms with E-state index < -0.39 is 11.6 Å². The Morgan fingerprint density at radius 1 is 0.818 bits per heavy atom. The molecule has 33 heavy (non-hydrogen) atoms. The van der Waals surface area contributed by atoms with Crippen LogP contribution in [0, 0.1) is 29.3 Å². The van der Waals surface area contributed by atoms with E-state index in [0.717, 1.165) is 57.3 Å². The Bertz CT molecular complexity index is 967. The average Bonchev–Trinajstić information content (AvgIpc) is 2.85. The fraction of sp³-hybridized carbons (Fsp3) is 0.517. The highest BCUT2D eigenvalue weighted by Crippen LogP contribution is 2.42. The van der Waals surface area contributed by atoms with Crippen molar-refractivity contribution in [3.05, 3.63) is 70.5 Å². The molecule has 0 spiro atoms. The molecule has 2 aromatic carbocycles. The lowest BCUT2D eigenvalue weighted by molar-refractivity contribution is 0.311. The summed E-state index contributed by atoms with van der Waals surface area (Å²) in [7, 11) is 1.52. The number of rotatable bonds is 6. The van der Waals surface area contributed by atoms with Gasteiger partial charge in [-0.25, -0.2) is 13.2 Å². The van der Waals surface area contributed by atoms with Gasteiger partial charge in [-0.15, -0.1) is 0 Å². The van der Waals surface area contributed by atoms with Crippen LogP contribution < -0.4 is 4.74 Å². The van der Waals surface area contributed by atoms with Crippen molar-refractivity contribution in [2.24, 2.45) is 11.8 Å². The van der Waals surface area contributed by atoms with Crippen molar-refractivity contribution in [2.75, 3.05) is 7.11 Å². The fourth-order valence-electron chi connectivity index (χ4n) is 5.72. The van der Waals surface area contributed by atoms with Crippen molar-refractivity contribution in [3.63, 3.8) is 0 Å². The van der Waals surface area contributed by atoms with Gasteiger partial charge in [0.25, 0.3) is 0 Å². The molecule has 0 amide bonds. The predicted molar refractivity (Wildman–Crippen MR) is 128 cm³/mol. The van der Waals surface area contributed by atoms with E-state index in [-0.39, 0.29) is 17.7 Å². The van der Waals surface area contributed by atoms with Gasteiger partial charge in [0.05, 0.1) is 7.11 Å². The van der Waals surface area contributed by atoms with Crippen LogP contribution in [0.5, 0.6) is 5.75 Å². The van der Waals surface area contributed by atoms with Gasteiger partial charge in [-0.1, -0.05) is 37.6 Å². The third-order valence-electron chi connectivity index (χ3n) is 7.97. The summed E-state index contributed by atoms with van der Waals surface area (Å²) in [5, 5.41) is 0. The minimum absolute atomic E-state index is 0.0479. The zero-order chi connectivity index (χ0) is 23.4. The van der Waals surface area contributed by atoms with Gasteiger partial charge in [0.15, 0.2) is 11.6 Å². The molecule has 1 nitrogen and oxygen atoms in total. The Morgan fingerprint density at radius 3 is 1.91 bits per heavy atom. The molecule has 178 valence electrons. The van der Waals surface area contributed by atoms with Gasteiger partial charge in [-0.3, -0.25) is 0 Å². The molecule has 2 fully saturated rings. The molecule has 0 N–H and O–H groups in total. The van der Waals surface area contributed by atoms with Gasteiger partial charge < -0.3 is 4.74 Å². The molecule has 4 rings (SSSR count). The van der Waals surface area contributed by atoms with Crippen LogP contribution >= 0.6 is 0 Å². The zero-order valence-electron chi connectivity index (χ0n) is 19.8. The van der Waals surface area contributed by atoms with Crippen LogP contribution in [0.15, 0.2) is 36.4 Å². The van der Waals surface area contributed by atoms with E-state index in [9.17, 15) is 4.39 Å². The molecule has 4 heteroatoms. The molecule has 2 aliphatic rings. The van der Waals surface area contributed by atoms with E-state index in [2.05, 4.69) is 6.92 Å². The molecule has 2 aromatic rings. The van der Waals surface area contributed by atoms with Crippen molar-refractivity contribution in [1.29, 1.82) is 0 Å². The first-order valence-corrected chi connectivity index (χ1v) is 12.5. The molecule has 0 saturated heterocycles. The number of ether oxygens (including phenoxy) is 1. The van der Waals surface area contributed by atoms with Gasteiger partial charge >= 0.3 is 0 Å². The molecule has 0 aromatic heterocycles. The second-order valence-electron chi connectivity index (χ2n) is 9.86. The van der Waals surface area contributed by atoms with Crippen molar-refractivity contribution in [1.82, 2.24) is 0 Å². The zero-order valence-corrected chi connectivity index (χ0v) is 19.8. The Balaban J connectivity index is 1.37. The first-order valence-electron chi connectivity index (χ1n) is 12.5. The average molecular weight is 457 g/mol. The van der Waals surface area contributed by atoms with Crippen LogP contribution in [0.1, 0.15) is 93.2 Å². The monoisotopic (exact) mass is 456 g/mol. The highest BCUT2D eigenvalue weighted by molar-refractivity contribution is 5.52. The number of methoxy groups -OCH3 is 1. The first kappa shape index (κ1) is 23.9. The lowest BCUT2D eigenvalue weighted by Crippen LogP contribution is -2.16. The summed E-state index contributed by atoms with van der Waals surface area (Å²) in [5.74, 6) is 0.193. The predicted octanol–water partition coefficient (Wildman–Crippen LogP) is 8.78. The van der Waals surface area contributed by atoms with E-state index in [1.807, 2.05) is 24.3 Å². The number of benzene rings is 2. The minimum Gasteiger partial charge on any atom is -0.497 e. The third kappa shape index (κ3) is 5.47. The molecule has 0 radical (unpaired) electrons. The van der Waals surface area contributed by atoms with Crippen LogP contribution in [0.3, 0.4) is 0 Å². The summed E-state index contributed by atoms with van der Waals surface area (Å²) in [6, 6.07) is 8.53. The molecule has 2 saturated carbocycles. The van der Waals surface area contributed by atoms with Crippen LogP contribution in [-0.4, -0.2) is 7.11 Å². The van der Waals surface area contributed by atoms with Crippen molar-refractivity contribution >= 4 is 6.08 Å². The van der Waals surface area contributed by atoms with E-state index in [1.165, 1.54) is 19.6 Å². The maximum Gasteiger partial charge on any atom is 0.162 e. The molecule has 0 heterocycles. The SMILES string of the molecule is CCC1CCC(c2ccc(C3CCC(C=Cc4ccc(OC)cc4F)CC3)c(F)c2F)CC1. The van der Waals surface area contributed by atoms with Crippen molar-refractivity contribution in [2.45, 2.75) is 76.5 Å². The summed E-state index contributed by atoms with van der Waals surface area (Å²) in [4.78, 5) is 0. The van der Waals surface area contributed by atoms with E-state index in [4.69, 9.17) is 4.74 Å². The van der Waals surface area contributed by atoms with E-state index in [1.54, 1.807) is 12.1 Å². The molecular formula is C29H35F3O. The Morgan fingerprint density at radius 2 is 1.39 bits per heavy atom. The summed E-state index contributed by atoms with van der Waals surface area (Å²) >= 11 is 0. The summed E-state index contributed by atoms with van der Waals surface area (Å²) in [6.07, 6.45) is 12.6. The van der Waals surface area contributed by atoms with Crippen molar-refractivity contribution < 1.29 is 17.9 Å². The van der Waals surface area contributed by atoms with Gasteiger partial charge in [0, 0.05) is 11.6 Å².